The first-order valence-corrected chi connectivity index (χ1v) is 10.2. The van der Waals surface area contributed by atoms with Crippen molar-refractivity contribution in [1.29, 1.82) is 5.26 Å². The molecule has 0 fully saturated rings. The first kappa shape index (κ1) is 21.1. The monoisotopic (exact) mass is 399 g/mol. The number of nitriles is 1. The Balaban J connectivity index is 2.06. The molecule has 0 aliphatic rings. The molecule has 8 heteroatoms. The summed E-state index contributed by atoms with van der Waals surface area (Å²) in [5.41, 5.74) is 2.61. The van der Waals surface area contributed by atoms with Crippen molar-refractivity contribution in [3.05, 3.63) is 70.8 Å². The van der Waals surface area contributed by atoms with E-state index in [2.05, 4.69) is 5.32 Å². The number of hydrogen-bond acceptors (Lipinski definition) is 5. The van der Waals surface area contributed by atoms with Crippen molar-refractivity contribution in [2.24, 2.45) is 0 Å². The summed E-state index contributed by atoms with van der Waals surface area (Å²) in [7, 11) is -3.91. The highest BCUT2D eigenvalue weighted by Gasteiger charge is 2.21. The summed E-state index contributed by atoms with van der Waals surface area (Å²) in [6.07, 6.45) is -0.213. The largest absolute Gasteiger partial charge is 0.349 e. The Kier molecular flexibility index (Phi) is 6.90. The van der Waals surface area contributed by atoms with E-state index in [1.54, 1.807) is 12.1 Å². The SMILES string of the molecule is CC(=O)NC(CC(=O)NS(=O)(=O)Cc1ccc(C#N)cc1)c1ccc(C)cc1. The standard InChI is InChI=1S/C20H21N3O4S/c1-14-3-9-18(10-4-14)19(22-15(2)24)11-20(25)23-28(26,27)13-17-7-5-16(12-21)6-8-17/h3-10,19H,11,13H2,1-2H3,(H,22,24)(H,23,25). The minimum absolute atomic E-state index is 0.213. The number of carbonyl (C=O) groups excluding carboxylic acids is 2. The minimum atomic E-state index is -3.91. The Morgan fingerprint density at radius 3 is 2.21 bits per heavy atom. The lowest BCUT2D eigenvalue weighted by molar-refractivity contribution is -0.121. The van der Waals surface area contributed by atoms with Gasteiger partial charge in [0.2, 0.25) is 21.8 Å². The topological polar surface area (TPSA) is 116 Å². The van der Waals surface area contributed by atoms with Crippen LogP contribution in [0.5, 0.6) is 0 Å². The van der Waals surface area contributed by atoms with Crippen LogP contribution in [0.1, 0.15) is 41.6 Å². The second-order valence-corrected chi connectivity index (χ2v) is 8.18. The molecule has 2 rings (SSSR count). The Morgan fingerprint density at radius 1 is 1.07 bits per heavy atom. The fraction of sp³-hybridized carbons (Fsp3) is 0.250. The first-order valence-electron chi connectivity index (χ1n) is 8.54. The molecule has 1 unspecified atom stereocenters. The molecule has 0 spiro atoms. The van der Waals surface area contributed by atoms with E-state index in [0.717, 1.165) is 5.56 Å². The van der Waals surface area contributed by atoms with Crippen LogP contribution in [-0.2, 0) is 25.4 Å². The van der Waals surface area contributed by atoms with Crippen molar-refractivity contribution in [3.63, 3.8) is 0 Å². The van der Waals surface area contributed by atoms with Crippen molar-refractivity contribution in [1.82, 2.24) is 10.0 Å². The molecule has 7 nitrogen and oxygen atoms in total. The van der Waals surface area contributed by atoms with Gasteiger partial charge in [0, 0.05) is 6.92 Å². The van der Waals surface area contributed by atoms with Gasteiger partial charge in [-0.15, -0.1) is 0 Å². The van der Waals surface area contributed by atoms with Crippen LogP contribution >= 0.6 is 0 Å². The molecule has 0 radical (unpaired) electrons. The van der Waals surface area contributed by atoms with Crippen molar-refractivity contribution in [2.45, 2.75) is 32.1 Å². The lowest BCUT2D eigenvalue weighted by Crippen LogP contribution is -2.36. The molecule has 0 aliphatic carbocycles. The van der Waals surface area contributed by atoms with E-state index in [9.17, 15) is 18.0 Å². The predicted molar refractivity (Wildman–Crippen MR) is 104 cm³/mol. The first-order chi connectivity index (χ1) is 13.2. The normalized spacial score (nSPS) is 11.9. The second-order valence-electron chi connectivity index (χ2n) is 6.46. The molecule has 0 aliphatic heterocycles. The van der Waals surface area contributed by atoms with E-state index in [1.807, 2.05) is 29.8 Å². The smallest absolute Gasteiger partial charge is 0.239 e. The molecule has 0 heterocycles. The molecule has 28 heavy (non-hydrogen) atoms. The van der Waals surface area contributed by atoms with Gasteiger partial charge < -0.3 is 5.32 Å². The van der Waals surface area contributed by atoms with Gasteiger partial charge in [0.25, 0.3) is 0 Å². The number of nitrogens with one attached hydrogen (secondary N) is 2. The molecule has 0 bridgehead atoms. The van der Waals surface area contributed by atoms with Gasteiger partial charge in [-0.3, -0.25) is 14.3 Å². The van der Waals surface area contributed by atoms with Gasteiger partial charge in [-0.05, 0) is 30.2 Å². The molecule has 0 saturated carbocycles. The fourth-order valence-corrected chi connectivity index (χ4v) is 3.76. The third-order valence-corrected chi connectivity index (χ3v) is 5.21. The van der Waals surface area contributed by atoms with E-state index in [4.69, 9.17) is 5.26 Å². The van der Waals surface area contributed by atoms with Crippen molar-refractivity contribution < 1.29 is 18.0 Å². The molecule has 2 aromatic rings. The van der Waals surface area contributed by atoms with Crippen molar-refractivity contribution >= 4 is 21.8 Å². The molecule has 2 amide bonds. The molecule has 146 valence electrons. The van der Waals surface area contributed by atoms with E-state index >= 15 is 0 Å². The summed E-state index contributed by atoms with van der Waals surface area (Å²) in [5, 5.41) is 11.4. The van der Waals surface area contributed by atoms with Gasteiger partial charge in [0.15, 0.2) is 0 Å². The fourth-order valence-electron chi connectivity index (χ4n) is 2.63. The van der Waals surface area contributed by atoms with Crippen molar-refractivity contribution in [2.75, 3.05) is 0 Å². The van der Waals surface area contributed by atoms with Crippen LogP contribution in [0.15, 0.2) is 48.5 Å². The summed E-state index contributed by atoms with van der Waals surface area (Å²) in [6.45, 7) is 3.25. The number of hydrogen-bond donors (Lipinski definition) is 2. The third-order valence-electron chi connectivity index (χ3n) is 3.96. The van der Waals surface area contributed by atoms with Gasteiger partial charge in [0.1, 0.15) is 0 Å². The van der Waals surface area contributed by atoms with Crippen LogP contribution < -0.4 is 10.0 Å². The summed E-state index contributed by atoms with van der Waals surface area (Å²) in [5.74, 6) is -1.42. The number of nitrogens with zero attached hydrogens (tertiary/aromatic N) is 1. The lowest BCUT2D eigenvalue weighted by Gasteiger charge is -2.18. The zero-order valence-corrected chi connectivity index (χ0v) is 16.4. The number of aryl methyl sites for hydroxylation is 1. The average molecular weight is 399 g/mol. The van der Waals surface area contributed by atoms with E-state index < -0.39 is 22.0 Å². The maximum Gasteiger partial charge on any atom is 0.239 e. The van der Waals surface area contributed by atoms with Crippen LogP contribution in [0.4, 0.5) is 0 Å². The number of rotatable bonds is 7. The predicted octanol–water partition coefficient (Wildman–Crippen LogP) is 2.08. The Labute approximate surface area is 164 Å². The van der Waals surface area contributed by atoms with Crippen molar-refractivity contribution in [3.8, 4) is 6.07 Å². The van der Waals surface area contributed by atoms with Gasteiger partial charge in [-0.25, -0.2) is 8.42 Å². The highest BCUT2D eigenvalue weighted by Crippen LogP contribution is 2.18. The summed E-state index contributed by atoms with van der Waals surface area (Å²) >= 11 is 0. The van der Waals surface area contributed by atoms with Crippen LogP contribution in [0.25, 0.3) is 0 Å². The van der Waals surface area contributed by atoms with Gasteiger partial charge >= 0.3 is 0 Å². The summed E-state index contributed by atoms with van der Waals surface area (Å²) in [4.78, 5) is 23.8. The van der Waals surface area contributed by atoms with Crippen LogP contribution in [0.2, 0.25) is 0 Å². The zero-order valence-electron chi connectivity index (χ0n) is 15.6. The van der Waals surface area contributed by atoms with Gasteiger partial charge in [0.05, 0.1) is 29.8 Å². The Hall–Kier alpha value is -3.18. The number of benzene rings is 2. The van der Waals surface area contributed by atoms with Gasteiger partial charge in [-0.2, -0.15) is 5.26 Å². The van der Waals surface area contributed by atoms with E-state index in [-0.39, 0.29) is 18.1 Å². The minimum Gasteiger partial charge on any atom is -0.349 e. The van der Waals surface area contributed by atoms with Gasteiger partial charge in [-0.1, -0.05) is 42.0 Å². The zero-order chi connectivity index (χ0) is 20.7. The number of carbonyl (C=O) groups is 2. The molecular weight excluding hydrogens is 378 g/mol. The third kappa shape index (κ3) is 6.52. The van der Waals surface area contributed by atoms with Crippen LogP contribution in [-0.4, -0.2) is 20.2 Å². The van der Waals surface area contributed by atoms with E-state index in [0.29, 0.717) is 16.7 Å². The highest BCUT2D eigenvalue weighted by atomic mass is 32.2. The number of amides is 2. The molecular formula is C20H21N3O4S. The van der Waals surface area contributed by atoms with E-state index in [1.165, 1.54) is 31.2 Å². The average Bonchev–Trinajstić information content (AvgIpc) is 2.61. The number of sulfonamides is 1. The lowest BCUT2D eigenvalue weighted by atomic mass is 10.0. The summed E-state index contributed by atoms with van der Waals surface area (Å²) in [6, 6.07) is 14.7. The maximum atomic E-state index is 12.3. The maximum absolute atomic E-state index is 12.3. The Bertz CT molecular complexity index is 991. The molecule has 0 saturated heterocycles. The van der Waals surface area contributed by atoms with Crippen LogP contribution in [0.3, 0.4) is 0 Å². The highest BCUT2D eigenvalue weighted by molar-refractivity contribution is 7.89. The summed E-state index contributed by atoms with van der Waals surface area (Å²) < 4.78 is 26.6. The molecule has 0 aromatic heterocycles. The quantitative estimate of drug-likeness (QED) is 0.739. The molecule has 1 atom stereocenters. The van der Waals surface area contributed by atoms with Crippen LogP contribution in [0, 0.1) is 18.3 Å². The Morgan fingerprint density at radius 2 is 1.68 bits per heavy atom. The second kappa shape index (κ2) is 9.15. The molecule has 2 N–H and O–H groups in total. The molecule has 2 aromatic carbocycles.